The van der Waals surface area contributed by atoms with Crippen LogP contribution >= 0.6 is 0 Å². The van der Waals surface area contributed by atoms with Crippen molar-refractivity contribution in [3.05, 3.63) is 28.8 Å². The second kappa shape index (κ2) is 5.69. The monoisotopic (exact) mass is 249 g/mol. The van der Waals surface area contributed by atoms with Gasteiger partial charge >= 0.3 is 0 Å². The molecule has 1 aromatic rings. The zero-order valence-electron chi connectivity index (χ0n) is 11.5. The second-order valence-corrected chi connectivity index (χ2v) is 4.84. The van der Waals surface area contributed by atoms with Crippen LogP contribution in [-0.2, 0) is 0 Å². The molecule has 1 saturated heterocycles. The van der Waals surface area contributed by atoms with E-state index in [2.05, 4.69) is 30.1 Å². The highest BCUT2D eigenvalue weighted by Gasteiger charge is 2.20. The van der Waals surface area contributed by atoms with Gasteiger partial charge in [0.05, 0.1) is 13.3 Å². The second-order valence-electron chi connectivity index (χ2n) is 4.84. The minimum absolute atomic E-state index is 0.0169. The maximum absolute atomic E-state index is 6.39. The lowest BCUT2D eigenvalue weighted by atomic mass is 9.99. The van der Waals surface area contributed by atoms with Gasteiger partial charge in [-0.05, 0) is 36.6 Å². The fourth-order valence-corrected chi connectivity index (χ4v) is 2.52. The third kappa shape index (κ3) is 2.51. The molecule has 0 saturated carbocycles. The molecule has 1 unspecified atom stereocenters. The van der Waals surface area contributed by atoms with Gasteiger partial charge in [-0.15, -0.1) is 0 Å². The Hall–Kier alpha value is -1.10. The first-order chi connectivity index (χ1) is 8.65. The van der Waals surface area contributed by atoms with Crippen molar-refractivity contribution in [2.45, 2.75) is 20.0 Å². The van der Waals surface area contributed by atoms with Gasteiger partial charge in [-0.3, -0.25) is 4.90 Å². The van der Waals surface area contributed by atoms with Crippen LogP contribution in [-0.4, -0.2) is 38.2 Å². The lowest BCUT2D eigenvalue weighted by Gasteiger charge is -2.33. The molecular weight excluding hydrogens is 226 g/mol. The van der Waals surface area contributed by atoms with Crippen LogP contribution in [0, 0.1) is 13.8 Å². The average molecular weight is 249 g/mol. The van der Waals surface area contributed by atoms with Crippen LogP contribution in [0.15, 0.2) is 12.1 Å². The van der Waals surface area contributed by atoms with Crippen LogP contribution in [0.25, 0.3) is 0 Å². The van der Waals surface area contributed by atoms with E-state index in [0.717, 1.165) is 31.9 Å². The zero-order valence-corrected chi connectivity index (χ0v) is 11.5. The molecule has 0 bridgehead atoms. The van der Waals surface area contributed by atoms with Gasteiger partial charge in [0.25, 0.3) is 0 Å². The van der Waals surface area contributed by atoms with Crippen LogP contribution in [0.3, 0.4) is 0 Å². The van der Waals surface area contributed by atoms with Crippen LogP contribution < -0.4 is 15.8 Å². The van der Waals surface area contributed by atoms with Crippen molar-refractivity contribution in [1.29, 1.82) is 0 Å². The first-order valence-electron chi connectivity index (χ1n) is 6.49. The molecule has 4 heteroatoms. The van der Waals surface area contributed by atoms with E-state index in [1.165, 1.54) is 16.7 Å². The number of hydrogen-bond donors (Lipinski definition) is 2. The molecular formula is C14H23N3O. The van der Waals surface area contributed by atoms with E-state index >= 15 is 0 Å². The summed E-state index contributed by atoms with van der Waals surface area (Å²) in [6.07, 6.45) is -0.0169. The summed E-state index contributed by atoms with van der Waals surface area (Å²) in [5.41, 5.74) is 10.0. The van der Waals surface area contributed by atoms with Gasteiger partial charge < -0.3 is 15.8 Å². The van der Waals surface area contributed by atoms with Gasteiger partial charge in [0.1, 0.15) is 5.75 Å². The Bertz CT molecular complexity index is 414. The molecule has 0 radical (unpaired) electrons. The van der Waals surface area contributed by atoms with Crippen LogP contribution in [0.1, 0.15) is 22.9 Å². The number of hydrogen-bond acceptors (Lipinski definition) is 4. The summed E-state index contributed by atoms with van der Waals surface area (Å²) in [5.74, 6) is 0.934. The number of nitrogens with one attached hydrogen (secondary N) is 1. The highest BCUT2D eigenvalue weighted by Crippen LogP contribution is 2.28. The molecule has 18 heavy (non-hydrogen) atoms. The maximum atomic E-state index is 6.39. The van der Waals surface area contributed by atoms with E-state index in [1.807, 2.05) is 6.07 Å². The Morgan fingerprint density at radius 3 is 2.50 bits per heavy atom. The number of benzene rings is 1. The van der Waals surface area contributed by atoms with Gasteiger partial charge in [0, 0.05) is 26.2 Å². The van der Waals surface area contributed by atoms with Gasteiger partial charge in [0.15, 0.2) is 0 Å². The molecule has 1 atom stereocenters. The molecule has 3 N–H and O–H groups in total. The predicted molar refractivity (Wildman–Crippen MR) is 73.8 cm³/mol. The third-order valence-electron chi connectivity index (χ3n) is 3.86. The van der Waals surface area contributed by atoms with Gasteiger partial charge in [-0.2, -0.15) is 0 Å². The summed E-state index contributed by atoms with van der Waals surface area (Å²) in [6, 6.07) is 4.10. The highest BCUT2D eigenvalue weighted by molar-refractivity contribution is 5.44. The lowest BCUT2D eigenvalue weighted by Crippen LogP contribution is -2.47. The minimum Gasteiger partial charge on any atom is -0.496 e. The fourth-order valence-electron chi connectivity index (χ4n) is 2.52. The standard InChI is InChI=1S/C14H23N3O/c1-10-11(2)13(18-3)5-4-12(10)14(15)17-8-6-16-7-9-17/h4-5,14,16H,6-9,15H2,1-3H3. The van der Waals surface area contributed by atoms with E-state index < -0.39 is 0 Å². The Labute approximate surface area is 109 Å². The quantitative estimate of drug-likeness (QED) is 0.844. The molecule has 0 spiro atoms. The molecule has 0 amide bonds. The minimum atomic E-state index is -0.0169. The van der Waals surface area contributed by atoms with Crippen molar-refractivity contribution in [3.63, 3.8) is 0 Å². The van der Waals surface area contributed by atoms with Crippen LogP contribution in [0.4, 0.5) is 0 Å². The summed E-state index contributed by atoms with van der Waals surface area (Å²) in [5, 5.41) is 3.35. The first kappa shape index (κ1) is 13.3. The number of rotatable bonds is 3. The summed E-state index contributed by atoms with van der Waals surface area (Å²) in [4.78, 5) is 2.32. The van der Waals surface area contributed by atoms with Crippen molar-refractivity contribution in [2.24, 2.45) is 5.73 Å². The van der Waals surface area contributed by atoms with Gasteiger partial charge in [-0.1, -0.05) is 6.07 Å². The molecule has 1 aromatic carbocycles. The summed E-state index contributed by atoms with van der Waals surface area (Å²) >= 11 is 0. The number of nitrogens with two attached hydrogens (primary N) is 1. The molecule has 4 nitrogen and oxygen atoms in total. The van der Waals surface area contributed by atoms with Crippen molar-refractivity contribution in [2.75, 3.05) is 33.3 Å². The molecule has 100 valence electrons. The molecule has 2 rings (SSSR count). The molecule has 1 aliphatic rings. The van der Waals surface area contributed by atoms with E-state index in [9.17, 15) is 0 Å². The Kier molecular flexibility index (Phi) is 4.22. The predicted octanol–water partition coefficient (Wildman–Crippen LogP) is 1.17. The lowest BCUT2D eigenvalue weighted by molar-refractivity contribution is 0.177. The van der Waals surface area contributed by atoms with Crippen molar-refractivity contribution in [1.82, 2.24) is 10.2 Å². The fraction of sp³-hybridized carbons (Fsp3) is 0.571. The van der Waals surface area contributed by atoms with E-state index in [1.54, 1.807) is 7.11 Å². The topological polar surface area (TPSA) is 50.5 Å². The van der Waals surface area contributed by atoms with Crippen LogP contribution in [0.2, 0.25) is 0 Å². The number of nitrogens with zero attached hydrogens (tertiary/aromatic N) is 1. The average Bonchev–Trinajstić information content (AvgIpc) is 2.42. The largest absolute Gasteiger partial charge is 0.496 e. The zero-order chi connectivity index (χ0) is 13.1. The molecule has 1 fully saturated rings. The van der Waals surface area contributed by atoms with Crippen molar-refractivity contribution in [3.8, 4) is 5.75 Å². The smallest absolute Gasteiger partial charge is 0.122 e. The summed E-state index contributed by atoms with van der Waals surface area (Å²) < 4.78 is 5.34. The third-order valence-corrected chi connectivity index (χ3v) is 3.86. The summed E-state index contributed by atoms with van der Waals surface area (Å²) in [6.45, 7) is 8.25. The van der Waals surface area contributed by atoms with E-state index in [-0.39, 0.29) is 6.17 Å². The Morgan fingerprint density at radius 2 is 1.89 bits per heavy atom. The normalized spacial score (nSPS) is 18.7. The molecule has 0 aliphatic carbocycles. The molecule has 0 aromatic heterocycles. The Balaban J connectivity index is 2.24. The number of methoxy groups -OCH3 is 1. The highest BCUT2D eigenvalue weighted by atomic mass is 16.5. The number of ether oxygens (including phenoxy) is 1. The summed E-state index contributed by atoms with van der Waals surface area (Å²) in [7, 11) is 1.71. The first-order valence-corrected chi connectivity index (χ1v) is 6.49. The van der Waals surface area contributed by atoms with Gasteiger partial charge in [-0.25, -0.2) is 0 Å². The Morgan fingerprint density at radius 1 is 1.22 bits per heavy atom. The van der Waals surface area contributed by atoms with Crippen molar-refractivity contribution >= 4 is 0 Å². The molecule has 1 aliphatic heterocycles. The van der Waals surface area contributed by atoms with Crippen LogP contribution in [0.5, 0.6) is 5.75 Å². The van der Waals surface area contributed by atoms with E-state index in [4.69, 9.17) is 10.5 Å². The maximum Gasteiger partial charge on any atom is 0.122 e. The van der Waals surface area contributed by atoms with Crippen molar-refractivity contribution < 1.29 is 4.74 Å². The number of piperazine rings is 1. The molecule has 1 heterocycles. The van der Waals surface area contributed by atoms with E-state index in [0.29, 0.717) is 0 Å². The van der Waals surface area contributed by atoms with Gasteiger partial charge in [0.2, 0.25) is 0 Å². The SMILES string of the molecule is COc1ccc(C(N)N2CCNCC2)c(C)c1C.